The summed E-state index contributed by atoms with van der Waals surface area (Å²) in [6.45, 7) is 11.7. The molecule has 13 heavy (non-hydrogen) atoms. The Morgan fingerprint density at radius 2 is 1.92 bits per heavy atom. The minimum Gasteiger partial charge on any atom is -0.399 e. The van der Waals surface area contributed by atoms with E-state index in [0.717, 1.165) is 16.7 Å². The molecule has 0 aliphatic heterocycles. The number of benzene rings is 1. The smallest absolute Gasteiger partial charge is 0.0320 e. The fourth-order valence-corrected chi connectivity index (χ4v) is 1.50. The van der Waals surface area contributed by atoms with Crippen molar-refractivity contribution >= 4 is 11.3 Å². The van der Waals surface area contributed by atoms with E-state index >= 15 is 0 Å². The summed E-state index contributed by atoms with van der Waals surface area (Å²) in [6, 6.07) is 6.00. The second kappa shape index (κ2) is 3.48. The van der Waals surface area contributed by atoms with Crippen LogP contribution in [-0.2, 0) is 0 Å². The monoisotopic (exact) mass is 173 g/mol. The van der Waals surface area contributed by atoms with Gasteiger partial charge in [0.15, 0.2) is 0 Å². The third-order valence-corrected chi connectivity index (χ3v) is 2.05. The standard InChI is InChI=1S/C12H15N/c1-8(2)12-9(3)6-5-7-11(12)10(4)13/h5-7H,1,4,13H2,2-3H3. The number of hydrogen-bond acceptors (Lipinski definition) is 1. The Labute approximate surface area is 79.6 Å². The number of rotatable bonds is 2. The van der Waals surface area contributed by atoms with Crippen molar-refractivity contribution in [3.05, 3.63) is 48.0 Å². The van der Waals surface area contributed by atoms with Gasteiger partial charge in [0.1, 0.15) is 0 Å². The SMILES string of the molecule is C=C(N)c1cccc(C)c1C(=C)C. The fraction of sp³-hybridized carbons (Fsp3) is 0.167. The van der Waals surface area contributed by atoms with Crippen molar-refractivity contribution in [2.24, 2.45) is 5.73 Å². The lowest BCUT2D eigenvalue weighted by Gasteiger charge is -2.11. The van der Waals surface area contributed by atoms with E-state index < -0.39 is 0 Å². The molecule has 0 atom stereocenters. The number of aryl methyl sites for hydroxylation is 1. The van der Waals surface area contributed by atoms with Crippen molar-refractivity contribution < 1.29 is 0 Å². The minimum absolute atomic E-state index is 0.599. The van der Waals surface area contributed by atoms with Gasteiger partial charge in [-0.2, -0.15) is 0 Å². The van der Waals surface area contributed by atoms with Gasteiger partial charge in [0.2, 0.25) is 0 Å². The van der Waals surface area contributed by atoms with Crippen molar-refractivity contribution in [2.45, 2.75) is 13.8 Å². The highest BCUT2D eigenvalue weighted by molar-refractivity contribution is 5.77. The van der Waals surface area contributed by atoms with Crippen molar-refractivity contribution in [2.75, 3.05) is 0 Å². The average molecular weight is 173 g/mol. The van der Waals surface area contributed by atoms with E-state index in [9.17, 15) is 0 Å². The van der Waals surface area contributed by atoms with Crippen LogP contribution in [-0.4, -0.2) is 0 Å². The Balaban J connectivity index is 3.43. The second-order valence-corrected chi connectivity index (χ2v) is 3.30. The quantitative estimate of drug-likeness (QED) is 0.731. The van der Waals surface area contributed by atoms with E-state index in [1.54, 1.807) is 0 Å². The molecular formula is C12H15N. The van der Waals surface area contributed by atoms with Crippen molar-refractivity contribution in [3.63, 3.8) is 0 Å². The van der Waals surface area contributed by atoms with E-state index in [1.807, 2.05) is 19.1 Å². The van der Waals surface area contributed by atoms with Crippen molar-refractivity contribution in [3.8, 4) is 0 Å². The molecule has 0 heterocycles. The van der Waals surface area contributed by atoms with Crippen LogP contribution in [0.2, 0.25) is 0 Å². The maximum absolute atomic E-state index is 5.69. The molecule has 0 spiro atoms. The van der Waals surface area contributed by atoms with Crippen LogP contribution in [0, 0.1) is 6.92 Å². The number of nitrogens with two attached hydrogens (primary N) is 1. The predicted molar refractivity (Wildman–Crippen MR) is 59.1 cm³/mol. The normalized spacial score (nSPS) is 9.69. The Morgan fingerprint density at radius 1 is 1.31 bits per heavy atom. The molecule has 0 bridgehead atoms. The van der Waals surface area contributed by atoms with Crippen LogP contribution in [0.5, 0.6) is 0 Å². The molecule has 0 radical (unpaired) electrons. The van der Waals surface area contributed by atoms with Gasteiger partial charge in [0.25, 0.3) is 0 Å². The van der Waals surface area contributed by atoms with Gasteiger partial charge in [-0.1, -0.05) is 36.9 Å². The van der Waals surface area contributed by atoms with E-state index in [0.29, 0.717) is 5.70 Å². The molecule has 1 nitrogen and oxygen atoms in total. The zero-order valence-electron chi connectivity index (χ0n) is 8.22. The summed E-state index contributed by atoms with van der Waals surface area (Å²) in [7, 11) is 0. The maximum Gasteiger partial charge on any atom is 0.0320 e. The van der Waals surface area contributed by atoms with E-state index in [4.69, 9.17) is 5.73 Å². The molecule has 0 aliphatic rings. The van der Waals surface area contributed by atoms with Crippen LogP contribution in [0.4, 0.5) is 0 Å². The lowest BCUT2D eigenvalue weighted by atomic mass is 9.95. The first-order chi connectivity index (χ1) is 6.04. The summed E-state index contributed by atoms with van der Waals surface area (Å²) in [5.41, 5.74) is 10.6. The van der Waals surface area contributed by atoms with E-state index in [2.05, 4.69) is 26.1 Å². The lowest BCUT2D eigenvalue weighted by molar-refractivity contribution is 1.37. The average Bonchev–Trinajstić information content (AvgIpc) is 2.02. The molecule has 1 rings (SSSR count). The van der Waals surface area contributed by atoms with Crippen molar-refractivity contribution in [1.29, 1.82) is 0 Å². The molecule has 0 fully saturated rings. The Bertz CT molecular complexity index is 361. The molecule has 0 saturated heterocycles. The van der Waals surface area contributed by atoms with Crippen LogP contribution >= 0.6 is 0 Å². The molecule has 0 unspecified atom stereocenters. The van der Waals surface area contributed by atoms with Gasteiger partial charge >= 0.3 is 0 Å². The number of hydrogen-bond donors (Lipinski definition) is 1. The summed E-state index contributed by atoms with van der Waals surface area (Å²) in [5.74, 6) is 0. The molecule has 1 aromatic carbocycles. The molecule has 0 saturated carbocycles. The highest BCUT2D eigenvalue weighted by Gasteiger charge is 2.06. The summed E-state index contributed by atoms with van der Waals surface area (Å²) < 4.78 is 0. The van der Waals surface area contributed by atoms with E-state index in [-0.39, 0.29) is 0 Å². The Hall–Kier alpha value is -1.50. The summed E-state index contributed by atoms with van der Waals surface area (Å²) in [4.78, 5) is 0. The number of allylic oxidation sites excluding steroid dienone is 1. The zero-order valence-corrected chi connectivity index (χ0v) is 8.22. The minimum atomic E-state index is 0.599. The second-order valence-electron chi connectivity index (χ2n) is 3.30. The van der Waals surface area contributed by atoms with E-state index in [1.165, 1.54) is 5.56 Å². The first-order valence-corrected chi connectivity index (χ1v) is 4.24. The lowest BCUT2D eigenvalue weighted by Crippen LogP contribution is -1.99. The van der Waals surface area contributed by atoms with Crippen LogP contribution in [0.25, 0.3) is 11.3 Å². The largest absolute Gasteiger partial charge is 0.399 e. The first-order valence-electron chi connectivity index (χ1n) is 4.24. The van der Waals surface area contributed by atoms with Crippen LogP contribution in [0.1, 0.15) is 23.6 Å². The fourth-order valence-electron chi connectivity index (χ4n) is 1.50. The van der Waals surface area contributed by atoms with Gasteiger partial charge in [0.05, 0.1) is 0 Å². The van der Waals surface area contributed by atoms with Gasteiger partial charge in [-0.05, 0) is 25.0 Å². The molecule has 1 heteroatoms. The predicted octanol–water partition coefficient (Wildman–Crippen LogP) is 2.96. The Morgan fingerprint density at radius 3 is 2.31 bits per heavy atom. The van der Waals surface area contributed by atoms with Gasteiger partial charge in [-0.25, -0.2) is 0 Å². The molecular weight excluding hydrogens is 158 g/mol. The molecule has 1 aromatic rings. The topological polar surface area (TPSA) is 26.0 Å². The summed E-state index contributed by atoms with van der Waals surface area (Å²) in [6.07, 6.45) is 0. The maximum atomic E-state index is 5.69. The molecule has 2 N–H and O–H groups in total. The zero-order chi connectivity index (χ0) is 10.0. The molecule has 68 valence electrons. The first kappa shape index (κ1) is 9.59. The van der Waals surface area contributed by atoms with Crippen molar-refractivity contribution in [1.82, 2.24) is 0 Å². The highest BCUT2D eigenvalue weighted by atomic mass is 14.6. The van der Waals surface area contributed by atoms with Crippen LogP contribution in [0.3, 0.4) is 0 Å². The molecule has 0 amide bonds. The third-order valence-electron chi connectivity index (χ3n) is 2.05. The summed E-state index contributed by atoms with van der Waals surface area (Å²) >= 11 is 0. The summed E-state index contributed by atoms with van der Waals surface area (Å²) in [5, 5.41) is 0. The van der Waals surface area contributed by atoms with Gasteiger partial charge in [0, 0.05) is 11.3 Å². The van der Waals surface area contributed by atoms with Crippen LogP contribution in [0.15, 0.2) is 31.4 Å². The molecule has 0 aromatic heterocycles. The van der Waals surface area contributed by atoms with Gasteiger partial charge < -0.3 is 5.73 Å². The highest BCUT2D eigenvalue weighted by Crippen LogP contribution is 2.24. The third kappa shape index (κ3) is 1.81. The Kier molecular flexibility index (Phi) is 2.57. The van der Waals surface area contributed by atoms with Gasteiger partial charge in [-0.15, -0.1) is 0 Å². The molecule has 0 aliphatic carbocycles. The van der Waals surface area contributed by atoms with Crippen LogP contribution < -0.4 is 5.73 Å². The van der Waals surface area contributed by atoms with Gasteiger partial charge in [-0.3, -0.25) is 0 Å².